The summed E-state index contributed by atoms with van der Waals surface area (Å²) in [7, 11) is 0. The fourth-order valence-corrected chi connectivity index (χ4v) is 2.47. The smallest absolute Gasteiger partial charge is 0.414 e. The molecule has 1 aromatic rings. The molecule has 0 unspecified atom stereocenters. The maximum Gasteiger partial charge on any atom is 0.414 e. The minimum atomic E-state index is -0.543. The van der Waals surface area contributed by atoms with E-state index in [1.54, 1.807) is 9.47 Å². The van der Waals surface area contributed by atoms with Crippen molar-refractivity contribution < 1.29 is 14.5 Å². The van der Waals surface area contributed by atoms with Crippen molar-refractivity contribution >= 4 is 11.7 Å². The quantitative estimate of drug-likeness (QED) is 0.590. The molecule has 0 bridgehead atoms. The first-order chi connectivity index (χ1) is 9.65. The topological polar surface area (TPSA) is 90.5 Å². The molecule has 0 N–H and O–H groups in total. The van der Waals surface area contributed by atoms with Crippen LogP contribution in [-0.2, 0) is 11.3 Å². The molecule has 20 heavy (non-hydrogen) atoms. The largest absolute Gasteiger partial charge is 0.444 e. The third-order valence-corrected chi connectivity index (χ3v) is 3.88. The minimum Gasteiger partial charge on any atom is -0.444 e. The zero-order valence-corrected chi connectivity index (χ0v) is 11.0. The molecule has 1 amide bonds. The third kappa shape index (κ3) is 2.33. The van der Waals surface area contributed by atoms with Crippen molar-refractivity contribution in [2.24, 2.45) is 5.92 Å². The van der Waals surface area contributed by atoms with Gasteiger partial charge in [0.25, 0.3) is 0 Å². The van der Waals surface area contributed by atoms with Crippen molar-refractivity contribution in [1.82, 2.24) is 14.5 Å². The lowest BCUT2D eigenvalue weighted by Gasteiger charge is -2.32. The first-order valence-corrected chi connectivity index (χ1v) is 6.78. The maximum atomic E-state index is 12.2. The number of imidazole rings is 1. The summed E-state index contributed by atoms with van der Waals surface area (Å²) in [6.07, 6.45) is 4.42. The second kappa shape index (κ2) is 5.10. The Bertz CT molecular complexity index is 538. The molecule has 8 nitrogen and oxygen atoms in total. The van der Waals surface area contributed by atoms with Gasteiger partial charge in [-0.15, -0.1) is 0 Å². The summed E-state index contributed by atoms with van der Waals surface area (Å²) in [6, 6.07) is 0.257. The summed E-state index contributed by atoms with van der Waals surface area (Å²) in [6.45, 7) is 1.83. The SMILES string of the molecule is O=C(C1CCC1)N1CCOc2nc([N+](=O)[O-])cn2CC1. The van der Waals surface area contributed by atoms with Crippen LogP contribution >= 0.6 is 0 Å². The normalized spacial score (nSPS) is 19.3. The molecule has 0 atom stereocenters. The highest BCUT2D eigenvalue weighted by molar-refractivity contribution is 5.79. The standard InChI is InChI=1S/C12H16N4O4/c17-11(9-2-1-3-9)14-4-5-15-8-10(16(18)19)13-12(15)20-7-6-14/h8-9H,1-7H2. The van der Waals surface area contributed by atoms with Crippen LogP contribution in [0.15, 0.2) is 6.20 Å². The molecule has 1 aromatic heterocycles. The molecule has 0 radical (unpaired) electrons. The Balaban J connectivity index is 1.71. The number of nitro groups is 1. The molecule has 2 aliphatic rings. The highest BCUT2D eigenvalue weighted by atomic mass is 16.6. The molecule has 0 spiro atoms. The third-order valence-electron chi connectivity index (χ3n) is 3.88. The minimum absolute atomic E-state index is 0.158. The number of carbonyl (C=O) groups is 1. The molecular weight excluding hydrogens is 264 g/mol. The first-order valence-electron chi connectivity index (χ1n) is 6.78. The zero-order chi connectivity index (χ0) is 14.1. The lowest BCUT2D eigenvalue weighted by molar-refractivity contribution is -0.389. The van der Waals surface area contributed by atoms with Gasteiger partial charge in [-0.25, -0.2) is 0 Å². The fourth-order valence-electron chi connectivity index (χ4n) is 2.47. The van der Waals surface area contributed by atoms with Gasteiger partial charge in [0.1, 0.15) is 12.8 Å². The van der Waals surface area contributed by atoms with Crippen molar-refractivity contribution in [1.29, 1.82) is 0 Å². The van der Waals surface area contributed by atoms with Gasteiger partial charge in [0.15, 0.2) is 0 Å². The molecule has 1 aliphatic heterocycles. The predicted molar refractivity (Wildman–Crippen MR) is 68.3 cm³/mol. The summed E-state index contributed by atoms with van der Waals surface area (Å²) >= 11 is 0. The monoisotopic (exact) mass is 280 g/mol. The van der Waals surface area contributed by atoms with Crippen LogP contribution in [0.25, 0.3) is 0 Å². The average Bonchev–Trinajstić information content (AvgIpc) is 2.69. The Morgan fingerprint density at radius 2 is 2.20 bits per heavy atom. The average molecular weight is 280 g/mol. The Labute approximate surface area is 115 Å². The zero-order valence-electron chi connectivity index (χ0n) is 11.0. The summed E-state index contributed by atoms with van der Waals surface area (Å²) in [5.74, 6) is 0.114. The number of ether oxygens (including phenoxy) is 1. The van der Waals surface area contributed by atoms with Gasteiger partial charge < -0.3 is 19.8 Å². The van der Waals surface area contributed by atoms with Gasteiger partial charge >= 0.3 is 11.8 Å². The summed E-state index contributed by atoms with van der Waals surface area (Å²) in [4.78, 5) is 28.0. The van der Waals surface area contributed by atoms with Gasteiger partial charge in [-0.1, -0.05) is 6.42 Å². The molecule has 3 rings (SSSR count). The summed E-state index contributed by atoms with van der Waals surface area (Å²) in [5, 5.41) is 10.7. The second-order valence-electron chi connectivity index (χ2n) is 5.13. The molecule has 2 heterocycles. The fraction of sp³-hybridized carbons (Fsp3) is 0.667. The van der Waals surface area contributed by atoms with Crippen LogP contribution in [0.3, 0.4) is 0 Å². The van der Waals surface area contributed by atoms with Crippen LogP contribution in [0, 0.1) is 16.0 Å². The van der Waals surface area contributed by atoms with E-state index in [4.69, 9.17) is 4.74 Å². The van der Waals surface area contributed by atoms with Crippen LogP contribution in [0.1, 0.15) is 19.3 Å². The maximum absolute atomic E-state index is 12.2. The van der Waals surface area contributed by atoms with E-state index in [0.29, 0.717) is 26.2 Å². The number of nitrogens with zero attached hydrogens (tertiary/aromatic N) is 4. The molecule has 1 saturated carbocycles. The van der Waals surface area contributed by atoms with Gasteiger partial charge in [0.05, 0.1) is 6.54 Å². The molecular formula is C12H16N4O4. The van der Waals surface area contributed by atoms with E-state index in [9.17, 15) is 14.9 Å². The van der Waals surface area contributed by atoms with Gasteiger partial charge in [-0.3, -0.25) is 9.36 Å². The van der Waals surface area contributed by atoms with Gasteiger partial charge in [0, 0.05) is 24.0 Å². The summed E-state index contributed by atoms with van der Waals surface area (Å²) < 4.78 is 7.02. The van der Waals surface area contributed by atoms with Crippen LogP contribution in [0.4, 0.5) is 5.82 Å². The number of aromatic nitrogens is 2. The molecule has 1 aliphatic carbocycles. The molecule has 0 saturated heterocycles. The van der Waals surface area contributed by atoms with Crippen molar-refractivity contribution in [3.63, 3.8) is 0 Å². The van der Waals surface area contributed by atoms with Gasteiger partial charge in [-0.05, 0) is 17.8 Å². The van der Waals surface area contributed by atoms with Crippen molar-refractivity contribution in [2.45, 2.75) is 25.8 Å². The van der Waals surface area contributed by atoms with Crippen molar-refractivity contribution in [3.05, 3.63) is 16.3 Å². The van der Waals surface area contributed by atoms with Crippen molar-refractivity contribution in [3.8, 4) is 6.01 Å². The van der Waals surface area contributed by atoms with E-state index in [0.717, 1.165) is 19.3 Å². The Hall–Kier alpha value is -2.12. The van der Waals surface area contributed by atoms with E-state index >= 15 is 0 Å². The first kappa shape index (κ1) is 12.9. The molecule has 108 valence electrons. The van der Waals surface area contributed by atoms with Crippen LogP contribution in [0.2, 0.25) is 0 Å². The van der Waals surface area contributed by atoms with Crippen molar-refractivity contribution in [2.75, 3.05) is 19.7 Å². The van der Waals surface area contributed by atoms with E-state index in [1.807, 2.05) is 0 Å². The number of rotatable bonds is 2. The number of fused-ring (bicyclic) bond motifs is 1. The highest BCUT2D eigenvalue weighted by Gasteiger charge is 2.31. The van der Waals surface area contributed by atoms with E-state index < -0.39 is 4.92 Å². The molecule has 8 heteroatoms. The van der Waals surface area contributed by atoms with Gasteiger partial charge in [-0.2, -0.15) is 0 Å². The lowest BCUT2D eigenvalue weighted by Crippen LogP contribution is -2.43. The van der Waals surface area contributed by atoms with E-state index in [-0.39, 0.29) is 23.7 Å². The lowest BCUT2D eigenvalue weighted by atomic mass is 9.84. The molecule has 0 aromatic carbocycles. The van der Waals surface area contributed by atoms with Gasteiger partial charge in [0.2, 0.25) is 5.91 Å². The predicted octanol–water partition coefficient (Wildman–Crippen LogP) is 0.812. The Kier molecular flexibility index (Phi) is 3.29. The number of carbonyl (C=O) groups excluding carboxylic acids is 1. The Morgan fingerprint density at radius 3 is 2.85 bits per heavy atom. The number of amides is 1. The second-order valence-corrected chi connectivity index (χ2v) is 5.13. The van der Waals surface area contributed by atoms with Crippen LogP contribution in [0.5, 0.6) is 6.01 Å². The Morgan fingerprint density at radius 1 is 1.40 bits per heavy atom. The number of hydrogen-bond acceptors (Lipinski definition) is 5. The molecule has 1 fully saturated rings. The van der Waals surface area contributed by atoms with E-state index in [1.165, 1.54) is 6.20 Å². The van der Waals surface area contributed by atoms with Crippen LogP contribution in [-0.4, -0.2) is 45.0 Å². The van der Waals surface area contributed by atoms with E-state index in [2.05, 4.69) is 4.98 Å². The summed E-state index contributed by atoms with van der Waals surface area (Å²) in [5.41, 5.74) is 0. The van der Waals surface area contributed by atoms with Crippen LogP contribution < -0.4 is 4.74 Å². The number of hydrogen-bond donors (Lipinski definition) is 0. The highest BCUT2D eigenvalue weighted by Crippen LogP contribution is 2.28.